The minimum absolute atomic E-state index is 0.0302. The summed E-state index contributed by atoms with van der Waals surface area (Å²) in [4.78, 5) is 39.5. The molecule has 1 aromatic rings. The molecule has 0 aromatic heterocycles. The number of hydrogen-bond donors (Lipinski definition) is 0. The summed E-state index contributed by atoms with van der Waals surface area (Å²) in [7, 11) is -7.57. The number of ether oxygens (including phenoxy) is 4. The van der Waals surface area contributed by atoms with Gasteiger partial charge < -0.3 is 32.2 Å². The van der Waals surface area contributed by atoms with Crippen LogP contribution >= 0.6 is 34.4 Å². The van der Waals surface area contributed by atoms with Gasteiger partial charge in [0.15, 0.2) is 42.5 Å². The second-order valence-corrected chi connectivity index (χ2v) is 40.8. The number of thioether (sulfide) groups is 1. The molecule has 69 heavy (non-hydrogen) atoms. The predicted octanol–water partition coefficient (Wildman–Crippen LogP) is 15.8. The molecule has 6 atom stereocenters. The van der Waals surface area contributed by atoms with Crippen molar-refractivity contribution < 1.29 is 46.6 Å². The number of esters is 2. The predicted molar refractivity (Wildman–Crippen MR) is 303 cm³/mol. The van der Waals surface area contributed by atoms with Crippen LogP contribution in [0.5, 0.6) is 0 Å². The van der Waals surface area contributed by atoms with Crippen LogP contribution in [0.3, 0.4) is 0 Å². The molecule has 0 saturated carbocycles. The fraction of sp³-hybridized carbons (Fsp3) is 0.833. The summed E-state index contributed by atoms with van der Waals surface area (Å²) >= 11 is 3.39. The fourth-order valence-electron chi connectivity index (χ4n) is 7.32. The van der Waals surface area contributed by atoms with Crippen molar-refractivity contribution in [3.05, 3.63) is 33.4 Å². The van der Waals surface area contributed by atoms with Crippen LogP contribution in [-0.2, 0) is 41.8 Å². The van der Waals surface area contributed by atoms with Gasteiger partial charge in [-0.15, -0.1) is 0 Å². The molecule has 0 amide bonds. The van der Waals surface area contributed by atoms with Gasteiger partial charge in [-0.05, 0) is 108 Å². The fourth-order valence-corrected chi connectivity index (χ4v) is 12.2. The average Bonchev–Trinajstić information content (AvgIpc) is 3.23. The average molecular weight is 1150 g/mol. The highest BCUT2D eigenvalue weighted by atomic mass is 127. The van der Waals surface area contributed by atoms with Crippen LogP contribution in [0.25, 0.3) is 0 Å². The van der Waals surface area contributed by atoms with Gasteiger partial charge in [0.25, 0.3) is 0 Å². The highest BCUT2D eigenvalue weighted by molar-refractivity contribution is 14.1. The molecule has 0 radical (unpaired) electrons. The molecule has 0 N–H and O–H groups in total. The standard InChI is InChI=1S/C54H99IO10SSi3/c1-18-19-20-21-22-23-24-25-26-27-28-29-30-31-32-33-46(57)59-38-44(61-50(58)42-34-36-43(55)37-35-42)39-60-51-49(65-69(16,17)54(9,10)11)48(64-68(14,15)53(6,7)8)47(45(62-51)40-66-41(2)56)63-67(12,13)52(3,4)5/h34-37,44-45,47-49,51H,18-33,38-40H2,1-17H3. The van der Waals surface area contributed by atoms with Gasteiger partial charge in [-0.3, -0.25) is 9.59 Å². The van der Waals surface area contributed by atoms with Gasteiger partial charge in [-0.2, -0.15) is 0 Å². The lowest BCUT2D eigenvalue weighted by atomic mass is 10.00. The molecular formula is C54H99IO10SSi3. The van der Waals surface area contributed by atoms with Crippen molar-refractivity contribution in [2.45, 2.75) is 270 Å². The first-order chi connectivity index (χ1) is 31.9. The van der Waals surface area contributed by atoms with E-state index in [1.54, 1.807) is 19.1 Å². The maximum absolute atomic E-state index is 13.7. The summed E-state index contributed by atoms with van der Waals surface area (Å²) in [6.45, 7) is 36.7. The molecule has 1 saturated heterocycles. The zero-order valence-corrected chi connectivity index (χ0v) is 52.6. The Hall–Kier alpha value is -0.639. The minimum Gasteiger partial charge on any atom is -0.462 e. The molecule has 10 nitrogen and oxygen atoms in total. The Morgan fingerprint density at radius 2 is 1.04 bits per heavy atom. The van der Waals surface area contributed by atoms with E-state index in [1.165, 1.54) is 88.8 Å². The Morgan fingerprint density at radius 1 is 0.623 bits per heavy atom. The number of carbonyl (C=O) groups excluding carboxylic acids is 3. The molecule has 1 aliphatic rings. The molecule has 0 aliphatic carbocycles. The van der Waals surface area contributed by atoms with Crippen LogP contribution in [0.15, 0.2) is 24.3 Å². The van der Waals surface area contributed by atoms with Crippen LogP contribution in [0.4, 0.5) is 0 Å². The number of unbranched alkanes of at least 4 members (excludes halogenated alkanes) is 14. The second kappa shape index (κ2) is 30.0. The van der Waals surface area contributed by atoms with E-state index in [1.807, 2.05) is 12.1 Å². The molecule has 400 valence electrons. The van der Waals surface area contributed by atoms with Crippen molar-refractivity contribution in [2.75, 3.05) is 19.0 Å². The monoisotopic (exact) mass is 1150 g/mol. The Kier molecular flexibility index (Phi) is 28.1. The van der Waals surface area contributed by atoms with E-state index in [-0.39, 0.29) is 39.4 Å². The lowest BCUT2D eigenvalue weighted by Crippen LogP contribution is -2.68. The van der Waals surface area contributed by atoms with Gasteiger partial charge in [-0.25, -0.2) is 4.79 Å². The molecule has 1 aliphatic heterocycles. The third kappa shape index (κ3) is 23.2. The lowest BCUT2D eigenvalue weighted by Gasteiger charge is -2.54. The van der Waals surface area contributed by atoms with E-state index in [0.717, 1.165) is 22.8 Å². The lowest BCUT2D eigenvalue weighted by molar-refractivity contribution is -0.287. The van der Waals surface area contributed by atoms with Crippen LogP contribution < -0.4 is 0 Å². The molecule has 0 bridgehead atoms. The molecular weight excluding hydrogens is 1050 g/mol. The van der Waals surface area contributed by atoms with Crippen LogP contribution in [0, 0.1) is 3.57 Å². The van der Waals surface area contributed by atoms with Crippen molar-refractivity contribution in [1.29, 1.82) is 0 Å². The van der Waals surface area contributed by atoms with E-state index in [2.05, 4.69) is 131 Å². The van der Waals surface area contributed by atoms with E-state index >= 15 is 0 Å². The molecule has 2 rings (SSSR count). The zero-order chi connectivity index (χ0) is 52.3. The summed E-state index contributed by atoms with van der Waals surface area (Å²) in [5.41, 5.74) is 0.382. The number of halogens is 1. The van der Waals surface area contributed by atoms with Crippen molar-refractivity contribution in [2.24, 2.45) is 0 Å². The van der Waals surface area contributed by atoms with Crippen molar-refractivity contribution in [3.8, 4) is 0 Å². The van der Waals surface area contributed by atoms with Crippen LogP contribution in [0.1, 0.15) is 189 Å². The Balaban J connectivity index is 2.37. The molecule has 1 fully saturated rings. The van der Waals surface area contributed by atoms with Crippen molar-refractivity contribution >= 4 is 76.4 Å². The van der Waals surface area contributed by atoms with Crippen molar-refractivity contribution in [1.82, 2.24) is 0 Å². The quantitative estimate of drug-likeness (QED) is 0.0306. The Labute approximate surface area is 442 Å². The molecule has 1 heterocycles. The smallest absolute Gasteiger partial charge is 0.338 e. The normalized spacial score (nSPS) is 20.2. The van der Waals surface area contributed by atoms with E-state index < -0.39 is 67.7 Å². The minimum atomic E-state index is -2.56. The maximum atomic E-state index is 13.7. The van der Waals surface area contributed by atoms with Crippen LogP contribution in [0.2, 0.25) is 54.4 Å². The molecule has 6 unspecified atom stereocenters. The second-order valence-electron chi connectivity index (χ2n) is 24.1. The maximum Gasteiger partial charge on any atom is 0.338 e. The first-order valence-corrected chi connectivity index (χ1v) is 37.3. The van der Waals surface area contributed by atoms with E-state index in [4.69, 9.17) is 32.2 Å². The summed E-state index contributed by atoms with van der Waals surface area (Å²) in [5, 5.41) is -0.493. The van der Waals surface area contributed by atoms with Gasteiger partial charge in [0.05, 0.1) is 24.4 Å². The van der Waals surface area contributed by atoms with Gasteiger partial charge in [0.2, 0.25) is 0 Å². The summed E-state index contributed by atoms with van der Waals surface area (Å²) in [5.74, 6) is -0.557. The molecule has 1 aromatic carbocycles. The summed E-state index contributed by atoms with van der Waals surface area (Å²) in [6.07, 6.45) is 14.5. The van der Waals surface area contributed by atoms with E-state index in [0.29, 0.717) is 17.7 Å². The zero-order valence-electron chi connectivity index (χ0n) is 46.6. The SMILES string of the molecule is CCCCCCCCCCCCCCCCCC(=O)OCC(COC1OC(CSC(C)=O)C(O[Si](C)(C)C(C)(C)C)C(O[Si](C)(C)C(C)(C)C)C1O[Si](C)(C)C(C)(C)C)OC(=O)c1ccc(I)cc1. The topological polar surface area (TPSA) is 116 Å². The molecule has 0 spiro atoms. The number of carbonyl (C=O) groups is 3. The number of rotatable bonds is 31. The van der Waals surface area contributed by atoms with Gasteiger partial charge >= 0.3 is 11.9 Å². The van der Waals surface area contributed by atoms with Crippen molar-refractivity contribution in [3.63, 3.8) is 0 Å². The Bertz CT molecular complexity index is 1660. The third-order valence-electron chi connectivity index (χ3n) is 15.0. The molecule has 15 heteroatoms. The van der Waals surface area contributed by atoms with Gasteiger partial charge in [0, 0.05) is 22.7 Å². The summed E-state index contributed by atoms with van der Waals surface area (Å²) < 4.78 is 49.0. The first-order valence-electron chi connectivity index (χ1n) is 26.5. The third-order valence-corrected chi connectivity index (χ3v) is 30.0. The van der Waals surface area contributed by atoms with E-state index in [9.17, 15) is 14.4 Å². The summed E-state index contributed by atoms with van der Waals surface area (Å²) in [6, 6.07) is 7.15. The highest BCUT2D eigenvalue weighted by Crippen LogP contribution is 2.46. The number of benzene rings is 1. The largest absolute Gasteiger partial charge is 0.462 e. The van der Waals surface area contributed by atoms with Gasteiger partial charge in [0.1, 0.15) is 18.8 Å². The number of hydrogen-bond acceptors (Lipinski definition) is 11. The van der Waals surface area contributed by atoms with Gasteiger partial charge in [-0.1, -0.05) is 171 Å². The Morgan fingerprint density at radius 3 is 1.48 bits per heavy atom. The first kappa shape index (κ1) is 64.5. The highest BCUT2D eigenvalue weighted by Gasteiger charge is 2.57. The van der Waals surface area contributed by atoms with Crippen LogP contribution in [-0.4, -0.2) is 97.8 Å².